The van der Waals surface area contributed by atoms with E-state index >= 15 is 0 Å². The first-order chi connectivity index (χ1) is 6.56. The molecular weight excluding hydrogens is 205 g/mol. The zero-order valence-corrected chi connectivity index (χ0v) is 8.18. The Kier molecular flexibility index (Phi) is 3.21. The van der Waals surface area contributed by atoms with Gasteiger partial charge in [0, 0.05) is 0 Å². The average molecular weight is 212 g/mol. The van der Waals surface area contributed by atoms with Crippen LogP contribution in [0.3, 0.4) is 0 Å². The highest BCUT2D eigenvalue weighted by molar-refractivity contribution is 6.31. The van der Waals surface area contributed by atoms with Gasteiger partial charge in [-0.1, -0.05) is 6.07 Å². The van der Waals surface area contributed by atoms with Crippen molar-refractivity contribution in [2.75, 3.05) is 0 Å². The monoisotopic (exact) mass is 211 g/mol. The van der Waals surface area contributed by atoms with Gasteiger partial charge in [0.05, 0.1) is 11.6 Å². The normalized spacial score (nSPS) is 11.9. The molecule has 0 saturated heterocycles. The van der Waals surface area contributed by atoms with Crippen molar-refractivity contribution in [1.82, 2.24) is 0 Å². The van der Waals surface area contributed by atoms with Gasteiger partial charge in [-0.05, 0) is 24.6 Å². The third kappa shape index (κ3) is 2.09. The van der Waals surface area contributed by atoms with Crippen LogP contribution in [-0.2, 0) is 4.79 Å². The van der Waals surface area contributed by atoms with E-state index in [1.165, 1.54) is 19.1 Å². The maximum atomic E-state index is 12.7. The van der Waals surface area contributed by atoms with Crippen molar-refractivity contribution in [1.29, 1.82) is 5.26 Å². The highest BCUT2D eigenvalue weighted by Gasteiger charge is 2.17. The Bertz CT molecular complexity index is 411. The third-order valence-corrected chi connectivity index (χ3v) is 2.31. The van der Waals surface area contributed by atoms with Crippen LogP contribution in [0.15, 0.2) is 18.2 Å². The first-order valence-electron chi connectivity index (χ1n) is 3.90. The minimum absolute atomic E-state index is 0.0974. The summed E-state index contributed by atoms with van der Waals surface area (Å²) in [6.07, 6.45) is 0. The second-order valence-electron chi connectivity index (χ2n) is 2.82. The fraction of sp³-hybridized carbons (Fsp3) is 0.200. The second-order valence-corrected chi connectivity index (χ2v) is 3.25. The van der Waals surface area contributed by atoms with Gasteiger partial charge >= 0.3 is 0 Å². The summed E-state index contributed by atoms with van der Waals surface area (Å²) in [5.74, 6) is -0.785. The minimum atomic E-state index is -0.884. The van der Waals surface area contributed by atoms with Gasteiger partial charge in [-0.2, -0.15) is 5.26 Å². The van der Waals surface area contributed by atoms with Gasteiger partial charge in [-0.15, -0.1) is 11.6 Å². The number of alkyl halides is 1. The lowest BCUT2D eigenvalue weighted by atomic mass is 10.0. The minimum Gasteiger partial charge on any atom is -0.298 e. The fourth-order valence-corrected chi connectivity index (χ4v) is 1.26. The molecule has 1 rings (SSSR count). The molecule has 0 aliphatic carbocycles. The molecule has 0 aromatic heterocycles. The molecule has 2 nitrogen and oxygen atoms in total. The lowest BCUT2D eigenvalue weighted by Crippen LogP contribution is -2.04. The largest absolute Gasteiger partial charge is 0.298 e. The van der Waals surface area contributed by atoms with Gasteiger partial charge in [0.1, 0.15) is 11.2 Å². The van der Waals surface area contributed by atoms with Crippen LogP contribution in [-0.4, -0.2) is 5.78 Å². The molecule has 0 bridgehead atoms. The number of benzene rings is 1. The maximum Gasteiger partial charge on any atom is 0.152 e. The number of ketones is 1. The zero-order valence-electron chi connectivity index (χ0n) is 7.42. The molecular formula is C10H7ClFNO. The topological polar surface area (TPSA) is 40.9 Å². The number of nitriles is 1. The van der Waals surface area contributed by atoms with Gasteiger partial charge in [-0.3, -0.25) is 4.79 Å². The standard InChI is InChI=1S/C10H7ClFNO/c1-6(14)10(11)9-3-2-8(12)4-7(9)5-13/h2-4,10H,1H3. The van der Waals surface area contributed by atoms with E-state index in [9.17, 15) is 9.18 Å². The van der Waals surface area contributed by atoms with Crippen LogP contribution in [0.2, 0.25) is 0 Å². The van der Waals surface area contributed by atoms with Crippen molar-refractivity contribution in [3.63, 3.8) is 0 Å². The van der Waals surface area contributed by atoms with Crippen molar-refractivity contribution in [2.24, 2.45) is 0 Å². The molecule has 0 aliphatic rings. The summed E-state index contributed by atoms with van der Waals surface area (Å²) >= 11 is 5.75. The lowest BCUT2D eigenvalue weighted by molar-refractivity contribution is -0.116. The summed E-state index contributed by atoms with van der Waals surface area (Å²) in [7, 11) is 0. The number of Topliss-reactive ketones (excluding diaryl/α,β-unsaturated/α-hetero) is 1. The smallest absolute Gasteiger partial charge is 0.152 e. The third-order valence-electron chi connectivity index (χ3n) is 1.77. The van der Waals surface area contributed by atoms with Crippen LogP contribution in [0.1, 0.15) is 23.4 Å². The van der Waals surface area contributed by atoms with Crippen LogP contribution in [0.4, 0.5) is 4.39 Å². The quantitative estimate of drug-likeness (QED) is 0.706. The summed E-state index contributed by atoms with van der Waals surface area (Å²) in [4.78, 5) is 11.0. The molecule has 1 aromatic carbocycles. The lowest BCUT2D eigenvalue weighted by Gasteiger charge is -2.07. The van der Waals surface area contributed by atoms with Crippen LogP contribution in [0.25, 0.3) is 0 Å². The molecule has 0 amide bonds. The number of halogens is 2. The van der Waals surface area contributed by atoms with E-state index < -0.39 is 11.2 Å². The van der Waals surface area contributed by atoms with Crippen LogP contribution in [0.5, 0.6) is 0 Å². The second kappa shape index (κ2) is 4.21. The number of hydrogen-bond acceptors (Lipinski definition) is 2. The SMILES string of the molecule is CC(=O)C(Cl)c1ccc(F)cc1C#N. The van der Waals surface area contributed by atoms with Gasteiger partial charge < -0.3 is 0 Å². The highest BCUT2D eigenvalue weighted by Crippen LogP contribution is 2.25. The van der Waals surface area contributed by atoms with E-state index in [4.69, 9.17) is 16.9 Å². The molecule has 0 fully saturated rings. The molecule has 4 heteroatoms. The Labute approximate surface area is 85.9 Å². The Hall–Kier alpha value is -1.40. The Morgan fingerprint density at radius 3 is 2.79 bits per heavy atom. The molecule has 72 valence electrons. The first kappa shape index (κ1) is 10.7. The van der Waals surface area contributed by atoms with E-state index in [1.807, 2.05) is 0 Å². The molecule has 0 heterocycles. The van der Waals surface area contributed by atoms with Crippen molar-refractivity contribution in [3.05, 3.63) is 35.1 Å². The highest BCUT2D eigenvalue weighted by atomic mass is 35.5. The molecule has 1 atom stereocenters. The average Bonchev–Trinajstić information content (AvgIpc) is 2.16. The fourth-order valence-electron chi connectivity index (χ4n) is 1.07. The summed E-state index contributed by atoms with van der Waals surface area (Å²) in [6.45, 7) is 1.32. The Balaban J connectivity index is 3.22. The number of hydrogen-bond donors (Lipinski definition) is 0. The van der Waals surface area contributed by atoms with Crippen molar-refractivity contribution in [3.8, 4) is 6.07 Å². The van der Waals surface area contributed by atoms with Gasteiger partial charge in [0.2, 0.25) is 0 Å². The summed E-state index contributed by atoms with van der Waals surface area (Å²) in [5.41, 5.74) is 0.447. The predicted octanol–water partition coefficient (Wildman–Crippen LogP) is 2.57. The maximum absolute atomic E-state index is 12.7. The van der Waals surface area contributed by atoms with E-state index in [-0.39, 0.29) is 11.3 Å². The van der Waals surface area contributed by atoms with Gasteiger partial charge in [-0.25, -0.2) is 4.39 Å². The van der Waals surface area contributed by atoms with Crippen LogP contribution >= 0.6 is 11.6 Å². The molecule has 0 spiro atoms. The number of nitrogens with zero attached hydrogens (tertiary/aromatic N) is 1. The Morgan fingerprint density at radius 1 is 1.64 bits per heavy atom. The van der Waals surface area contributed by atoms with E-state index in [0.29, 0.717) is 5.56 Å². The Morgan fingerprint density at radius 2 is 2.29 bits per heavy atom. The summed E-state index contributed by atoms with van der Waals surface area (Å²) < 4.78 is 12.7. The summed E-state index contributed by atoms with van der Waals surface area (Å²) in [6, 6.07) is 5.39. The first-order valence-corrected chi connectivity index (χ1v) is 4.34. The van der Waals surface area contributed by atoms with Crippen molar-refractivity contribution >= 4 is 17.4 Å². The molecule has 14 heavy (non-hydrogen) atoms. The van der Waals surface area contributed by atoms with Crippen LogP contribution < -0.4 is 0 Å². The van der Waals surface area contributed by atoms with Crippen molar-refractivity contribution < 1.29 is 9.18 Å². The molecule has 1 unspecified atom stereocenters. The van der Waals surface area contributed by atoms with E-state index in [1.54, 1.807) is 6.07 Å². The molecule has 0 saturated carbocycles. The van der Waals surface area contributed by atoms with Gasteiger partial charge in [0.25, 0.3) is 0 Å². The predicted molar refractivity (Wildman–Crippen MR) is 50.4 cm³/mol. The van der Waals surface area contributed by atoms with Crippen LogP contribution in [0, 0.1) is 17.1 Å². The van der Waals surface area contributed by atoms with Gasteiger partial charge in [0.15, 0.2) is 5.78 Å². The van der Waals surface area contributed by atoms with Crippen molar-refractivity contribution in [2.45, 2.75) is 12.3 Å². The summed E-state index contributed by atoms with van der Waals surface area (Å²) in [5, 5.41) is 7.80. The molecule has 0 aliphatic heterocycles. The number of carbonyl (C=O) groups excluding carboxylic acids is 1. The number of rotatable bonds is 2. The molecule has 0 N–H and O–H groups in total. The molecule has 0 radical (unpaired) electrons. The molecule has 1 aromatic rings. The van der Waals surface area contributed by atoms with E-state index in [0.717, 1.165) is 6.07 Å². The van der Waals surface area contributed by atoms with E-state index in [2.05, 4.69) is 0 Å². The zero-order chi connectivity index (χ0) is 10.7. The number of carbonyl (C=O) groups is 1.